The lowest BCUT2D eigenvalue weighted by Gasteiger charge is -2.33. The number of rotatable bonds is 1. The van der Waals surface area contributed by atoms with Crippen LogP contribution in [0.25, 0.3) is 5.70 Å². The topological polar surface area (TPSA) is 44.1 Å². The van der Waals surface area contributed by atoms with Gasteiger partial charge in [-0.3, -0.25) is 4.79 Å². The highest BCUT2D eigenvalue weighted by molar-refractivity contribution is 6.22. The molecule has 0 amide bonds. The first-order valence-corrected chi connectivity index (χ1v) is 7.93. The summed E-state index contributed by atoms with van der Waals surface area (Å²) in [4.78, 5) is 15.1. The fraction of sp³-hybridized carbons (Fsp3) is 0.143. The van der Waals surface area contributed by atoms with Crippen LogP contribution in [0.4, 0.5) is 0 Å². The van der Waals surface area contributed by atoms with Crippen LogP contribution in [-0.2, 0) is 0 Å². The van der Waals surface area contributed by atoms with E-state index in [-0.39, 0.29) is 11.7 Å². The molecule has 0 saturated heterocycles. The second-order valence-corrected chi connectivity index (χ2v) is 6.15. The molecule has 1 atom stereocenters. The monoisotopic (exact) mass is 312 g/mol. The zero-order valence-corrected chi connectivity index (χ0v) is 13.6. The number of allylic oxidation sites excluding steroid dienone is 3. The molecule has 1 unspecified atom stereocenters. The van der Waals surface area contributed by atoms with Gasteiger partial charge in [-0.1, -0.05) is 54.6 Å². The van der Waals surface area contributed by atoms with Crippen LogP contribution in [0.5, 0.6) is 0 Å². The first-order chi connectivity index (χ1) is 11.6. The van der Waals surface area contributed by atoms with E-state index in [2.05, 4.69) is 6.07 Å². The second kappa shape index (κ2) is 5.21. The molecule has 4 rings (SSSR count). The van der Waals surface area contributed by atoms with Crippen LogP contribution in [0.1, 0.15) is 34.3 Å². The van der Waals surface area contributed by atoms with Gasteiger partial charge in [-0.15, -0.1) is 0 Å². The second-order valence-electron chi connectivity index (χ2n) is 6.15. The van der Waals surface area contributed by atoms with E-state index < -0.39 is 0 Å². The fourth-order valence-electron chi connectivity index (χ4n) is 3.74. The Labute approximate surface area is 141 Å². The molecule has 1 aliphatic carbocycles. The largest absolute Gasteiger partial charge is 0.347 e. The van der Waals surface area contributed by atoms with E-state index in [4.69, 9.17) is 0 Å². The molecular formula is C21H16N2O. The third-order valence-electron chi connectivity index (χ3n) is 4.99. The molecule has 116 valence electrons. The van der Waals surface area contributed by atoms with Crippen molar-refractivity contribution in [2.45, 2.75) is 12.8 Å². The Morgan fingerprint density at radius 3 is 2.29 bits per heavy atom. The van der Waals surface area contributed by atoms with E-state index in [0.29, 0.717) is 11.1 Å². The number of hydrogen-bond donors (Lipinski definition) is 0. The lowest BCUT2D eigenvalue weighted by atomic mass is 9.80. The summed E-state index contributed by atoms with van der Waals surface area (Å²) >= 11 is 0. The third kappa shape index (κ3) is 1.80. The number of benzene rings is 2. The molecule has 2 aromatic carbocycles. The van der Waals surface area contributed by atoms with Gasteiger partial charge in [-0.25, -0.2) is 0 Å². The van der Waals surface area contributed by atoms with Crippen LogP contribution in [0.15, 0.2) is 71.4 Å². The Balaban J connectivity index is 2.02. The van der Waals surface area contributed by atoms with E-state index in [1.54, 1.807) is 0 Å². The minimum Gasteiger partial charge on any atom is -0.347 e. The van der Waals surface area contributed by atoms with E-state index in [1.807, 2.05) is 73.5 Å². The molecule has 0 spiro atoms. The molecule has 3 heteroatoms. The van der Waals surface area contributed by atoms with Gasteiger partial charge in [0.2, 0.25) is 0 Å². The Morgan fingerprint density at radius 2 is 1.62 bits per heavy atom. The summed E-state index contributed by atoms with van der Waals surface area (Å²) in [6.45, 7) is 1.95. The van der Waals surface area contributed by atoms with Crippen LogP contribution in [0, 0.1) is 11.3 Å². The summed E-state index contributed by atoms with van der Waals surface area (Å²) in [7, 11) is 1.93. The molecule has 0 saturated carbocycles. The first-order valence-electron chi connectivity index (χ1n) is 7.93. The molecule has 0 bridgehead atoms. The van der Waals surface area contributed by atoms with Crippen LogP contribution in [0.3, 0.4) is 0 Å². The smallest absolute Gasteiger partial charge is 0.192 e. The lowest BCUT2D eigenvalue weighted by Crippen LogP contribution is -2.26. The molecule has 1 heterocycles. The highest BCUT2D eigenvalue weighted by atomic mass is 16.1. The number of carbonyl (C=O) groups excluding carboxylic acids is 1. The summed E-state index contributed by atoms with van der Waals surface area (Å²) in [6, 6.07) is 19.9. The standard InChI is InChI=1S/C21H16N2O/c1-13-17(12-22)18(14-8-4-3-5-9-14)19-20(23(13)2)15-10-6-7-11-16(15)21(19)24/h3-11,18H,1-2H3. The Bertz CT molecular complexity index is 961. The van der Waals surface area contributed by atoms with Gasteiger partial charge in [0.25, 0.3) is 0 Å². The quantitative estimate of drug-likeness (QED) is 0.795. The van der Waals surface area contributed by atoms with Crippen molar-refractivity contribution in [1.82, 2.24) is 4.90 Å². The molecular weight excluding hydrogens is 296 g/mol. The van der Waals surface area contributed by atoms with Gasteiger partial charge < -0.3 is 4.90 Å². The summed E-state index contributed by atoms with van der Waals surface area (Å²) in [5.74, 6) is -0.274. The third-order valence-corrected chi connectivity index (χ3v) is 4.99. The SMILES string of the molecule is CC1=C(C#N)C(c2ccccc2)C2=C(c3ccccc3C2=O)N1C. The maximum Gasteiger partial charge on any atom is 0.192 e. The number of hydrogen-bond acceptors (Lipinski definition) is 3. The van der Waals surface area contributed by atoms with Gasteiger partial charge in [0.05, 0.1) is 23.3 Å². The molecule has 0 radical (unpaired) electrons. The van der Waals surface area contributed by atoms with E-state index in [1.165, 1.54) is 0 Å². The molecule has 2 aliphatic rings. The van der Waals surface area contributed by atoms with Crippen molar-refractivity contribution in [3.63, 3.8) is 0 Å². The van der Waals surface area contributed by atoms with Gasteiger partial charge >= 0.3 is 0 Å². The highest BCUT2D eigenvalue weighted by Crippen LogP contribution is 2.49. The van der Waals surface area contributed by atoms with Gasteiger partial charge in [0.15, 0.2) is 5.78 Å². The molecule has 0 aromatic heterocycles. The zero-order chi connectivity index (χ0) is 16.8. The van der Waals surface area contributed by atoms with Crippen LogP contribution in [0.2, 0.25) is 0 Å². The van der Waals surface area contributed by atoms with Crippen molar-refractivity contribution < 1.29 is 4.79 Å². The fourth-order valence-corrected chi connectivity index (χ4v) is 3.74. The zero-order valence-electron chi connectivity index (χ0n) is 13.6. The number of Topliss-reactive ketones (excluding diaryl/α,β-unsaturated/α-hetero) is 1. The van der Waals surface area contributed by atoms with E-state index in [0.717, 1.165) is 28.1 Å². The number of ketones is 1. The van der Waals surface area contributed by atoms with Crippen molar-refractivity contribution in [3.05, 3.63) is 88.1 Å². The van der Waals surface area contributed by atoms with Crippen LogP contribution in [-0.4, -0.2) is 17.7 Å². The van der Waals surface area contributed by atoms with Gasteiger partial charge in [0, 0.05) is 29.4 Å². The minimum absolute atomic E-state index is 0.0292. The van der Waals surface area contributed by atoms with Gasteiger partial charge in [-0.2, -0.15) is 5.26 Å². The summed E-state index contributed by atoms with van der Waals surface area (Å²) < 4.78 is 0. The van der Waals surface area contributed by atoms with Crippen molar-refractivity contribution in [2.24, 2.45) is 0 Å². The summed E-state index contributed by atoms with van der Waals surface area (Å²) in [6.07, 6.45) is 0. The maximum absolute atomic E-state index is 13.1. The Hall–Kier alpha value is -3.12. The lowest BCUT2D eigenvalue weighted by molar-refractivity contribution is 0.103. The van der Waals surface area contributed by atoms with Crippen molar-refractivity contribution in [1.29, 1.82) is 5.26 Å². The Morgan fingerprint density at radius 1 is 1.00 bits per heavy atom. The number of carbonyl (C=O) groups is 1. The summed E-state index contributed by atoms with van der Waals surface area (Å²) in [5.41, 5.74) is 5.85. The van der Waals surface area contributed by atoms with E-state index >= 15 is 0 Å². The van der Waals surface area contributed by atoms with Crippen LogP contribution >= 0.6 is 0 Å². The number of fused-ring (bicyclic) bond motifs is 2. The molecule has 1 aliphatic heterocycles. The predicted molar refractivity (Wildman–Crippen MR) is 93.0 cm³/mol. The predicted octanol–water partition coefficient (Wildman–Crippen LogP) is 4.12. The molecule has 2 aromatic rings. The minimum atomic E-state index is -0.303. The van der Waals surface area contributed by atoms with E-state index in [9.17, 15) is 10.1 Å². The average Bonchev–Trinajstić information content (AvgIpc) is 2.92. The van der Waals surface area contributed by atoms with Crippen molar-refractivity contribution in [3.8, 4) is 6.07 Å². The maximum atomic E-state index is 13.1. The molecule has 0 N–H and O–H groups in total. The molecule has 24 heavy (non-hydrogen) atoms. The summed E-state index contributed by atoms with van der Waals surface area (Å²) in [5, 5.41) is 9.77. The average molecular weight is 312 g/mol. The highest BCUT2D eigenvalue weighted by Gasteiger charge is 2.42. The molecule has 3 nitrogen and oxygen atoms in total. The number of nitriles is 1. The van der Waals surface area contributed by atoms with Crippen LogP contribution < -0.4 is 0 Å². The van der Waals surface area contributed by atoms with Crippen molar-refractivity contribution in [2.75, 3.05) is 7.05 Å². The Kier molecular flexibility index (Phi) is 3.14. The van der Waals surface area contributed by atoms with Crippen molar-refractivity contribution >= 4 is 11.5 Å². The molecule has 0 fully saturated rings. The first kappa shape index (κ1) is 14.5. The number of nitrogens with zero attached hydrogens (tertiary/aromatic N) is 2. The van der Waals surface area contributed by atoms with Gasteiger partial charge in [0.1, 0.15) is 0 Å². The van der Waals surface area contributed by atoms with Gasteiger partial charge in [-0.05, 0) is 12.5 Å². The normalized spacial score (nSPS) is 19.3.